The average Bonchev–Trinajstić information content (AvgIpc) is 2.59. The summed E-state index contributed by atoms with van der Waals surface area (Å²) in [5, 5.41) is 16.6. The minimum absolute atomic E-state index is 0.0180. The number of hydrogen-bond acceptors (Lipinski definition) is 3. The van der Waals surface area contributed by atoms with Crippen LogP contribution < -0.4 is 0 Å². The van der Waals surface area contributed by atoms with Crippen molar-refractivity contribution in [1.29, 1.82) is 0 Å². The van der Waals surface area contributed by atoms with Crippen LogP contribution in [0.15, 0.2) is 18.2 Å². The van der Waals surface area contributed by atoms with E-state index >= 15 is 0 Å². The highest BCUT2D eigenvalue weighted by Gasteiger charge is 2.10. The van der Waals surface area contributed by atoms with Crippen LogP contribution in [0.5, 0.6) is 0 Å². The Bertz CT molecular complexity index is 454. The molecule has 2 rings (SSSR count). The second kappa shape index (κ2) is 3.34. The lowest BCUT2D eigenvalue weighted by Gasteiger charge is -2.07. The van der Waals surface area contributed by atoms with Gasteiger partial charge in [0, 0.05) is 6.07 Å². The maximum Gasteiger partial charge on any atom is 0.125 e. The number of aromatic nitrogens is 3. The molecule has 1 aromatic carbocycles. The molecule has 74 valence electrons. The van der Waals surface area contributed by atoms with E-state index in [2.05, 4.69) is 10.3 Å². The highest BCUT2D eigenvalue weighted by molar-refractivity contribution is 5.74. The van der Waals surface area contributed by atoms with Gasteiger partial charge in [-0.05, 0) is 19.1 Å². The van der Waals surface area contributed by atoms with E-state index in [0.29, 0.717) is 5.52 Å². The van der Waals surface area contributed by atoms with Crippen molar-refractivity contribution in [2.24, 2.45) is 0 Å². The molecule has 4 nitrogen and oxygen atoms in total. The van der Waals surface area contributed by atoms with Gasteiger partial charge < -0.3 is 5.11 Å². The van der Waals surface area contributed by atoms with Gasteiger partial charge in [-0.1, -0.05) is 5.21 Å². The Hall–Kier alpha value is -1.49. The summed E-state index contributed by atoms with van der Waals surface area (Å²) in [6.45, 7) is 1.80. The van der Waals surface area contributed by atoms with Gasteiger partial charge in [-0.25, -0.2) is 9.07 Å². The summed E-state index contributed by atoms with van der Waals surface area (Å²) in [5.74, 6) is -0.332. The monoisotopic (exact) mass is 195 g/mol. The van der Waals surface area contributed by atoms with Gasteiger partial charge in [0.05, 0.1) is 18.2 Å². The van der Waals surface area contributed by atoms with Crippen LogP contribution in [0.1, 0.15) is 13.0 Å². The fourth-order valence-corrected chi connectivity index (χ4v) is 1.32. The van der Waals surface area contributed by atoms with E-state index in [9.17, 15) is 4.39 Å². The van der Waals surface area contributed by atoms with E-state index < -0.39 is 0 Å². The quantitative estimate of drug-likeness (QED) is 0.781. The van der Waals surface area contributed by atoms with Gasteiger partial charge in [0.25, 0.3) is 0 Å². The zero-order chi connectivity index (χ0) is 10.1. The minimum atomic E-state index is -0.332. The van der Waals surface area contributed by atoms with Gasteiger partial charge in [0.1, 0.15) is 11.3 Å². The smallest absolute Gasteiger partial charge is 0.125 e. The molecule has 5 heteroatoms. The van der Waals surface area contributed by atoms with Crippen molar-refractivity contribution in [3.63, 3.8) is 0 Å². The van der Waals surface area contributed by atoms with E-state index in [0.717, 1.165) is 5.52 Å². The summed E-state index contributed by atoms with van der Waals surface area (Å²) >= 11 is 0. The lowest BCUT2D eigenvalue weighted by Crippen LogP contribution is -2.10. The molecule has 0 saturated carbocycles. The van der Waals surface area contributed by atoms with Crippen LogP contribution >= 0.6 is 0 Å². The summed E-state index contributed by atoms with van der Waals surface area (Å²) in [6.07, 6.45) is 0. The summed E-state index contributed by atoms with van der Waals surface area (Å²) in [6, 6.07) is 4.14. The maximum atomic E-state index is 12.8. The van der Waals surface area contributed by atoms with Crippen molar-refractivity contribution in [2.75, 3.05) is 6.61 Å². The summed E-state index contributed by atoms with van der Waals surface area (Å²) in [4.78, 5) is 0. The first-order chi connectivity index (χ1) is 6.72. The molecule has 0 aliphatic carbocycles. The predicted molar refractivity (Wildman–Crippen MR) is 49.3 cm³/mol. The fraction of sp³-hybridized carbons (Fsp3) is 0.333. The van der Waals surface area contributed by atoms with Gasteiger partial charge in [-0.2, -0.15) is 0 Å². The number of rotatable bonds is 2. The van der Waals surface area contributed by atoms with Crippen molar-refractivity contribution in [3.05, 3.63) is 24.0 Å². The number of hydrogen-bond donors (Lipinski definition) is 1. The molecule has 0 aliphatic rings. The molecule has 0 saturated heterocycles. The standard InChI is InChI=1S/C9H10FN3O/c1-6(5-14)13-9-3-2-7(10)4-8(9)11-12-13/h2-4,6,14H,5H2,1H3. The largest absolute Gasteiger partial charge is 0.394 e. The molecule has 1 atom stereocenters. The molecule has 1 N–H and O–H groups in total. The van der Waals surface area contributed by atoms with Gasteiger partial charge in [-0.3, -0.25) is 0 Å². The summed E-state index contributed by atoms with van der Waals surface area (Å²) < 4.78 is 14.4. The normalized spacial score (nSPS) is 13.4. The van der Waals surface area contributed by atoms with Crippen LogP contribution in [-0.2, 0) is 0 Å². The van der Waals surface area contributed by atoms with Crippen LogP contribution in [0.25, 0.3) is 11.0 Å². The minimum Gasteiger partial charge on any atom is -0.394 e. The molecule has 2 aromatic rings. The third-order valence-corrected chi connectivity index (χ3v) is 2.11. The first kappa shape index (κ1) is 9.08. The summed E-state index contributed by atoms with van der Waals surface area (Å²) in [7, 11) is 0. The van der Waals surface area contributed by atoms with Crippen molar-refractivity contribution < 1.29 is 9.50 Å². The molecule has 0 bridgehead atoms. The predicted octanol–water partition coefficient (Wildman–Crippen LogP) is 1.12. The molecule has 0 fully saturated rings. The summed E-state index contributed by atoms with van der Waals surface area (Å²) in [5.41, 5.74) is 1.23. The molecule has 1 aromatic heterocycles. The zero-order valence-electron chi connectivity index (χ0n) is 7.68. The molecule has 1 unspecified atom stereocenters. The molecule has 14 heavy (non-hydrogen) atoms. The first-order valence-corrected chi connectivity index (χ1v) is 4.33. The van der Waals surface area contributed by atoms with Gasteiger partial charge >= 0.3 is 0 Å². The Balaban J connectivity index is 2.58. The van der Waals surface area contributed by atoms with Crippen molar-refractivity contribution >= 4 is 11.0 Å². The van der Waals surface area contributed by atoms with Crippen LogP contribution in [-0.4, -0.2) is 26.7 Å². The fourth-order valence-electron chi connectivity index (χ4n) is 1.32. The van der Waals surface area contributed by atoms with Gasteiger partial charge in [0.2, 0.25) is 0 Å². The van der Waals surface area contributed by atoms with Gasteiger partial charge in [0.15, 0.2) is 0 Å². The number of fused-ring (bicyclic) bond motifs is 1. The molecule has 1 heterocycles. The first-order valence-electron chi connectivity index (χ1n) is 4.33. The van der Waals surface area contributed by atoms with E-state index in [1.807, 2.05) is 6.92 Å². The molecule has 0 amide bonds. The average molecular weight is 195 g/mol. The molecular formula is C9H10FN3O. The van der Waals surface area contributed by atoms with Crippen LogP contribution in [0, 0.1) is 5.82 Å². The van der Waals surface area contributed by atoms with E-state index in [4.69, 9.17) is 5.11 Å². The van der Waals surface area contributed by atoms with Crippen molar-refractivity contribution in [2.45, 2.75) is 13.0 Å². The van der Waals surface area contributed by atoms with E-state index in [-0.39, 0.29) is 18.5 Å². The topological polar surface area (TPSA) is 50.9 Å². The van der Waals surface area contributed by atoms with E-state index in [1.165, 1.54) is 12.1 Å². The highest BCUT2D eigenvalue weighted by Crippen LogP contribution is 2.16. The maximum absolute atomic E-state index is 12.8. The molecular weight excluding hydrogens is 185 g/mol. The Kier molecular flexibility index (Phi) is 2.17. The van der Waals surface area contributed by atoms with Gasteiger partial charge in [-0.15, -0.1) is 5.10 Å². The van der Waals surface area contributed by atoms with Crippen LogP contribution in [0.3, 0.4) is 0 Å². The van der Waals surface area contributed by atoms with Crippen LogP contribution in [0.2, 0.25) is 0 Å². The molecule has 0 radical (unpaired) electrons. The number of benzene rings is 1. The second-order valence-corrected chi connectivity index (χ2v) is 3.20. The third-order valence-electron chi connectivity index (χ3n) is 2.11. The second-order valence-electron chi connectivity index (χ2n) is 3.20. The third kappa shape index (κ3) is 1.35. The Morgan fingerprint density at radius 2 is 2.36 bits per heavy atom. The van der Waals surface area contributed by atoms with Crippen LogP contribution in [0.4, 0.5) is 4.39 Å². The number of aliphatic hydroxyl groups is 1. The van der Waals surface area contributed by atoms with Crippen molar-refractivity contribution in [3.8, 4) is 0 Å². The lowest BCUT2D eigenvalue weighted by molar-refractivity contribution is 0.231. The Morgan fingerprint density at radius 3 is 3.07 bits per heavy atom. The number of halogens is 1. The molecule has 0 aliphatic heterocycles. The molecule has 0 spiro atoms. The highest BCUT2D eigenvalue weighted by atomic mass is 19.1. The Morgan fingerprint density at radius 1 is 1.57 bits per heavy atom. The zero-order valence-corrected chi connectivity index (χ0v) is 7.68. The SMILES string of the molecule is CC(CO)n1nnc2cc(F)ccc21. The Labute approximate surface area is 80.0 Å². The van der Waals surface area contributed by atoms with Crippen molar-refractivity contribution in [1.82, 2.24) is 15.0 Å². The van der Waals surface area contributed by atoms with E-state index in [1.54, 1.807) is 10.7 Å². The lowest BCUT2D eigenvalue weighted by atomic mass is 10.3. The number of aliphatic hydroxyl groups excluding tert-OH is 1. The number of nitrogens with zero attached hydrogens (tertiary/aromatic N) is 3.